The minimum atomic E-state index is -0.335. The highest BCUT2D eigenvalue weighted by Gasteiger charge is 2.18. The normalized spacial score (nSPS) is 14.0. The molecule has 1 fully saturated rings. The maximum Gasteiger partial charge on any atom is 0.338 e. The summed E-state index contributed by atoms with van der Waals surface area (Å²) in [7, 11) is 0. The first kappa shape index (κ1) is 17.7. The molecule has 136 valence electrons. The highest BCUT2D eigenvalue weighted by atomic mass is 16.5. The molecule has 0 bridgehead atoms. The Bertz CT molecular complexity index is 758. The highest BCUT2D eigenvalue weighted by Crippen LogP contribution is 2.18. The van der Waals surface area contributed by atoms with Crippen LogP contribution < -0.4 is 10.2 Å². The zero-order valence-corrected chi connectivity index (χ0v) is 14.6. The summed E-state index contributed by atoms with van der Waals surface area (Å²) in [5, 5.41) is 3.21. The van der Waals surface area contributed by atoms with Crippen molar-refractivity contribution in [3.63, 3.8) is 0 Å². The molecule has 0 atom stereocenters. The van der Waals surface area contributed by atoms with Gasteiger partial charge in [-0.25, -0.2) is 9.78 Å². The summed E-state index contributed by atoms with van der Waals surface area (Å²) in [4.78, 5) is 35.1. The number of benzene rings is 1. The van der Waals surface area contributed by atoms with Crippen molar-refractivity contribution in [1.82, 2.24) is 14.9 Å². The lowest BCUT2D eigenvalue weighted by atomic mass is 10.2. The van der Waals surface area contributed by atoms with Crippen LogP contribution >= 0.6 is 0 Å². The second-order valence-electron chi connectivity index (χ2n) is 5.79. The highest BCUT2D eigenvalue weighted by molar-refractivity contribution is 5.89. The molecule has 26 heavy (non-hydrogen) atoms. The number of amides is 1. The number of hydrogen-bond donors (Lipinski definition) is 1. The van der Waals surface area contributed by atoms with E-state index >= 15 is 0 Å². The Labute approximate surface area is 151 Å². The number of piperazine rings is 1. The first-order chi connectivity index (χ1) is 12.7. The number of carbonyl (C=O) groups excluding carboxylic acids is 2. The van der Waals surface area contributed by atoms with Gasteiger partial charge in [-0.3, -0.25) is 4.79 Å². The van der Waals surface area contributed by atoms with Gasteiger partial charge >= 0.3 is 5.97 Å². The molecule has 8 nitrogen and oxygen atoms in total. The van der Waals surface area contributed by atoms with E-state index in [1.54, 1.807) is 48.4 Å². The van der Waals surface area contributed by atoms with Gasteiger partial charge in [0, 0.05) is 38.1 Å². The van der Waals surface area contributed by atoms with Gasteiger partial charge in [0.15, 0.2) is 0 Å². The largest absolute Gasteiger partial charge is 0.462 e. The van der Waals surface area contributed by atoms with Crippen molar-refractivity contribution in [3.05, 3.63) is 42.1 Å². The van der Waals surface area contributed by atoms with Crippen molar-refractivity contribution in [2.45, 2.75) is 6.92 Å². The fourth-order valence-corrected chi connectivity index (χ4v) is 2.65. The van der Waals surface area contributed by atoms with E-state index in [9.17, 15) is 9.59 Å². The molecule has 0 radical (unpaired) electrons. The molecule has 2 aromatic rings. The smallest absolute Gasteiger partial charge is 0.338 e. The van der Waals surface area contributed by atoms with E-state index in [4.69, 9.17) is 4.74 Å². The molecule has 1 amide bonds. The first-order valence-electron chi connectivity index (χ1n) is 8.51. The molecule has 1 aliphatic heterocycles. The van der Waals surface area contributed by atoms with Gasteiger partial charge in [0.1, 0.15) is 5.82 Å². The molecule has 0 saturated carbocycles. The van der Waals surface area contributed by atoms with E-state index in [1.807, 2.05) is 0 Å². The van der Waals surface area contributed by atoms with Gasteiger partial charge in [-0.05, 0) is 37.3 Å². The predicted molar refractivity (Wildman–Crippen MR) is 97.6 cm³/mol. The summed E-state index contributed by atoms with van der Waals surface area (Å²) in [6.45, 7) is 4.87. The summed E-state index contributed by atoms with van der Waals surface area (Å²) in [5.74, 6) is 0.957. The van der Waals surface area contributed by atoms with Crippen LogP contribution in [-0.2, 0) is 9.53 Å². The monoisotopic (exact) mass is 355 g/mol. The lowest BCUT2D eigenvalue weighted by Gasteiger charge is -2.32. The minimum absolute atomic E-state index is 0.335. The van der Waals surface area contributed by atoms with Gasteiger partial charge in [-0.1, -0.05) is 0 Å². The summed E-state index contributed by atoms with van der Waals surface area (Å²) in [6, 6.07) is 8.81. The number of nitrogens with one attached hydrogen (secondary N) is 1. The number of hydrogen-bond acceptors (Lipinski definition) is 7. The second kappa shape index (κ2) is 8.28. The Kier molecular flexibility index (Phi) is 5.62. The standard InChI is InChI=1S/C18H21N5O3/c1-2-26-17(25)14-3-5-15(6-4-14)20-16-7-8-19-18(21-16)23-11-9-22(13-24)10-12-23/h3-8,13H,2,9-12H2,1H3,(H,19,20,21). The van der Waals surface area contributed by atoms with Crippen LogP contribution in [0, 0.1) is 0 Å². The third kappa shape index (κ3) is 4.27. The summed E-state index contributed by atoms with van der Waals surface area (Å²) < 4.78 is 4.97. The number of anilines is 3. The molecular weight excluding hydrogens is 334 g/mol. The quantitative estimate of drug-likeness (QED) is 0.623. The van der Waals surface area contributed by atoms with Crippen LogP contribution in [-0.4, -0.2) is 60.0 Å². The Morgan fingerprint density at radius 2 is 1.92 bits per heavy atom. The topological polar surface area (TPSA) is 87.7 Å². The molecule has 1 aromatic heterocycles. The molecule has 0 spiro atoms. The average molecular weight is 355 g/mol. The summed E-state index contributed by atoms with van der Waals surface area (Å²) in [6.07, 6.45) is 2.57. The lowest BCUT2D eigenvalue weighted by Crippen LogP contribution is -2.46. The second-order valence-corrected chi connectivity index (χ2v) is 5.79. The van der Waals surface area contributed by atoms with Crippen LogP contribution in [0.25, 0.3) is 0 Å². The Balaban J connectivity index is 1.65. The Morgan fingerprint density at radius 3 is 2.58 bits per heavy atom. The van der Waals surface area contributed by atoms with Crippen molar-refractivity contribution >= 4 is 29.8 Å². The lowest BCUT2D eigenvalue weighted by molar-refractivity contribution is -0.118. The van der Waals surface area contributed by atoms with Crippen LogP contribution in [0.1, 0.15) is 17.3 Å². The maximum atomic E-state index is 11.7. The maximum absolute atomic E-state index is 11.7. The van der Waals surface area contributed by atoms with E-state index in [0.717, 1.165) is 12.1 Å². The van der Waals surface area contributed by atoms with Crippen LogP contribution in [0.2, 0.25) is 0 Å². The fourth-order valence-electron chi connectivity index (χ4n) is 2.65. The number of esters is 1. The van der Waals surface area contributed by atoms with Crippen molar-refractivity contribution in [2.75, 3.05) is 43.0 Å². The molecule has 0 unspecified atom stereocenters. The van der Waals surface area contributed by atoms with Gasteiger partial charge in [-0.2, -0.15) is 4.98 Å². The number of nitrogens with zero attached hydrogens (tertiary/aromatic N) is 4. The van der Waals surface area contributed by atoms with Crippen LogP contribution in [0.4, 0.5) is 17.5 Å². The SMILES string of the molecule is CCOC(=O)c1ccc(Nc2ccnc(N3CCN(C=O)CC3)n2)cc1. The molecule has 1 saturated heterocycles. The van der Waals surface area contributed by atoms with E-state index in [0.29, 0.717) is 50.1 Å². The molecule has 3 rings (SSSR count). The number of carbonyl (C=O) groups is 2. The number of rotatable bonds is 6. The summed E-state index contributed by atoms with van der Waals surface area (Å²) >= 11 is 0. The first-order valence-corrected chi connectivity index (χ1v) is 8.51. The third-order valence-corrected chi connectivity index (χ3v) is 4.06. The van der Waals surface area contributed by atoms with E-state index < -0.39 is 0 Å². The molecule has 1 aliphatic rings. The molecule has 2 heterocycles. The van der Waals surface area contributed by atoms with Crippen molar-refractivity contribution < 1.29 is 14.3 Å². The molecular formula is C18H21N5O3. The van der Waals surface area contributed by atoms with Gasteiger partial charge < -0.3 is 19.9 Å². The van der Waals surface area contributed by atoms with E-state index in [1.165, 1.54) is 0 Å². The van der Waals surface area contributed by atoms with Gasteiger partial charge in [0.25, 0.3) is 0 Å². The average Bonchev–Trinajstić information content (AvgIpc) is 2.69. The van der Waals surface area contributed by atoms with Crippen molar-refractivity contribution in [2.24, 2.45) is 0 Å². The number of ether oxygens (including phenoxy) is 1. The zero-order chi connectivity index (χ0) is 18.4. The zero-order valence-electron chi connectivity index (χ0n) is 14.6. The minimum Gasteiger partial charge on any atom is -0.462 e. The third-order valence-electron chi connectivity index (χ3n) is 4.06. The van der Waals surface area contributed by atoms with Crippen LogP contribution in [0.3, 0.4) is 0 Å². The predicted octanol–water partition coefficient (Wildman–Crippen LogP) is 1.68. The van der Waals surface area contributed by atoms with Gasteiger partial charge in [-0.15, -0.1) is 0 Å². The van der Waals surface area contributed by atoms with Crippen molar-refractivity contribution in [3.8, 4) is 0 Å². The van der Waals surface area contributed by atoms with Crippen LogP contribution in [0.5, 0.6) is 0 Å². The Hall–Kier alpha value is -3.16. The van der Waals surface area contributed by atoms with Crippen molar-refractivity contribution in [1.29, 1.82) is 0 Å². The fraction of sp³-hybridized carbons (Fsp3) is 0.333. The number of aromatic nitrogens is 2. The van der Waals surface area contributed by atoms with Gasteiger partial charge in [0.05, 0.1) is 12.2 Å². The molecule has 1 aromatic carbocycles. The van der Waals surface area contributed by atoms with E-state index in [2.05, 4.69) is 20.2 Å². The molecule has 1 N–H and O–H groups in total. The van der Waals surface area contributed by atoms with Crippen LogP contribution in [0.15, 0.2) is 36.5 Å². The molecule has 8 heteroatoms. The summed E-state index contributed by atoms with van der Waals surface area (Å²) in [5.41, 5.74) is 1.32. The Morgan fingerprint density at radius 1 is 1.19 bits per heavy atom. The van der Waals surface area contributed by atoms with E-state index in [-0.39, 0.29) is 5.97 Å². The van der Waals surface area contributed by atoms with Gasteiger partial charge in [0.2, 0.25) is 12.4 Å². The molecule has 0 aliphatic carbocycles.